The summed E-state index contributed by atoms with van der Waals surface area (Å²) in [5.41, 5.74) is 4.43. The number of amides is 1. The zero-order chi connectivity index (χ0) is 23.4. The van der Waals surface area contributed by atoms with Gasteiger partial charge in [-0.15, -0.1) is 11.3 Å². The van der Waals surface area contributed by atoms with Crippen molar-refractivity contribution in [3.05, 3.63) is 63.6 Å². The van der Waals surface area contributed by atoms with Gasteiger partial charge in [0, 0.05) is 31.6 Å². The summed E-state index contributed by atoms with van der Waals surface area (Å²) < 4.78 is 7.70. The fraction of sp³-hybridized carbons (Fsp3) is 0.462. The van der Waals surface area contributed by atoms with E-state index in [1.165, 1.54) is 22.6 Å². The first-order valence-corrected chi connectivity index (χ1v) is 12.7. The number of rotatable bonds is 9. The van der Waals surface area contributed by atoms with E-state index in [1.54, 1.807) is 7.11 Å². The summed E-state index contributed by atoms with van der Waals surface area (Å²) >= 11 is 1.50. The molecule has 0 spiro atoms. The van der Waals surface area contributed by atoms with Crippen LogP contribution >= 0.6 is 11.3 Å². The highest BCUT2D eigenvalue weighted by atomic mass is 32.1. The highest BCUT2D eigenvalue weighted by Gasteiger charge is 2.28. The van der Waals surface area contributed by atoms with Gasteiger partial charge in [-0.05, 0) is 42.5 Å². The molecule has 0 N–H and O–H groups in total. The summed E-state index contributed by atoms with van der Waals surface area (Å²) in [4.78, 5) is 18.6. The van der Waals surface area contributed by atoms with Crippen LogP contribution in [0.3, 0.4) is 0 Å². The second-order valence-electron chi connectivity index (χ2n) is 9.04. The van der Waals surface area contributed by atoms with Crippen molar-refractivity contribution in [1.29, 1.82) is 0 Å². The van der Waals surface area contributed by atoms with Crippen LogP contribution in [0, 0.1) is 5.92 Å². The van der Waals surface area contributed by atoms with E-state index in [-0.39, 0.29) is 5.91 Å². The normalized spacial score (nSPS) is 13.8. The van der Waals surface area contributed by atoms with Crippen molar-refractivity contribution in [3.8, 4) is 11.4 Å². The third-order valence-electron chi connectivity index (χ3n) is 6.02. The molecular weight excluding hydrogens is 432 g/mol. The zero-order valence-corrected chi connectivity index (χ0v) is 20.9. The molecule has 1 aliphatic rings. The number of methoxy groups -OCH3 is 1. The Balaban J connectivity index is 1.74. The number of hydrogen-bond donors (Lipinski definition) is 0. The summed E-state index contributed by atoms with van der Waals surface area (Å²) in [7, 11) is 1.70. The van der Waals surface area contributed by atoms with Crippen LogP contribution in [0.1, 0.15) is 53.8 Å². The number of aromatic nitrogens is 2. The number of nitrogens with zero attached hydrogens (tertiary/aromatic N) is 4. The molecule has 0 atom stereocenters. The molecule has 4 rings (SSSR count). The fourth-order valence-electron chi connectivity index (χ4n) is 4.58. The van der Waals surface area contributed by atoms with E-state index in [4.69, 9.17) is 9.84 Å². The van der Waals surface area contributed by atoms with Gasteiger partial charge in [0.1, 0.15) is 11.4 Å². The molecule has 0 radical (unpaired) electrons. The molecule has 2 aromatic heterocycles. The first-order valence-electron chi connectivity index (χ1n) is 11.8. The Morgan fingerprint density at radius 1 is 1.24 bits per heavy atom. The molecule has 0 fully saturated rings. The molecular formula is C26H34N4O2S. The Labute approximate surface area is 200 Å². The van der Waals surface area contributed by atoms with Gasteiger partial charge in [0.2, 0.25) is 0 Å². The molecule has 3 heterocycles. The van der Waals surface area contributed by atoms with Crippen LogP contribution in [0.5, 0.6) is 5.75 Å². The number of ether oxygens (including phenoxy) is 1. The van der Waals surface area contributed by atoms with Crippen molar-refractivity contribution < 1.29 is 9.53 Å². The maximum Gasteiger partial charge on any atom is 0.264 e. The summed E-state index contributed by atoms with van der Waals surface area (Å²) in [6.45, 7) is 10.7. The van der Waals surface area contributed by atoms with Crippen LogP contribution in [-0.4, -0.2) is 52.2 Å². The lowest BCUT2D eigenvalue weighted by molar-refractivity contribution is 0.0724. The van der Waals surface area contributed by atoms with Crippen molar-refractivity contribution in [1.82, 2.24) is 19.6 Å². The van der Waals surface area contributed by atoms with E-state index in [9.17, 15) is 4.79 Å². The SMILES string of the molecule is CCCN1CCc2c(c(CN(CC(C)C)C(=O)c3cccs3)nn2-c2ccccc2OC)C1. The molecule has 0 saturated carbocycles. The molecule has 1 aliphatic heterocycles. The minimum Gasteiger partial charge on any atom is -0.494 e. The van der Waals surface area contributed by atoms with Crippen molar-refractivity contribution in [3.63, 3.8) is 0 Å². The number of thiophene rings is 1. The predicted octanol–water partition coefficient (Wildman–Crippen LogP) is 5.01. The van der Waals surface area contributed by atoms with E-state index < -0.39 is 0 Å². The Kier molecular flexibility index (Phi) is 7.50. The molecule has 0 aliphatic carbocycles. The van der Waals surface area contributed by atoms with Gasteiger partial charge in [-0.1, -0.05) is 39.0 Å². The van der Waals surface area contributed by atoms with Crippen LogP contribution in [0.25, 0.3) is 5.69 Å². The third-order valence-corrected chi connectivity index (χ3v) is 6.88. The minimum atomic E-state index is 0.0838. The van der Waals surface area contributed by atoms with E-state index in [0.29, 0.717) is 19.0 Å². The lowest BCUT2D eigenvalue weighted by Gasteiger charge is -2.28. The van der Waals surface area contributed by atoms with E-state index >= 15 is 0 Å². The number of para-hydroxylation sites is 2. The number of carbonyl (C=O) groups excluding carboxylic acids is 1. The maximum absolute atomic E-state index is 13.3. The summed E-state index contributed by atoms with van der Waals surface area (Å²) in [6, 6.07) is 11.9. The van der Waals surface area contributed by atoms with Crippen molar-refractivity contribution in [2.75, 3.05) is 26.7 Å². The predicted molar refractivity (Wildman–Crippen MR) is 133 cm³/mol. The van der Waals surface area contributed by atoms with Gasteiger partial charge >= 0.3 is 0 Å². The molecule has 1 aromatic carbocycles. The second-order valence-corrected chi connectivity index (χ2v) is 9.99. The van der Waals surface area contributed by atoms with Gasteiger partial charge in [0.25, 0.3) is 5.91 Å². The number of hydrogen-bond acceptors (Lipinski definition) is 5. The van der Waals surface area contributed by atoms with E-state index in [1.807, 2.05) is 40.6 Å². The summed E-state index contributed by atoms with van der Waals surface area (Å²) in [5, 5.41) is 7.06. The fourth-order valence-corrected chi connectivity index (χ4v) is 5.27. The monoisotopic (exact) mass is 466 g/mol. The molecule has 3 aromatic rings. The molecule has 0 saturated heterocycles. The van der Waals surface area contributed by atoms with Crippen molar-refractivity contribution in [2.24, 2.45) is 5.92 Å². The van der Waals surface area contributed by atoms with Gasteiger partial charge in [0.05, 0.1) is 29.9 Å². The van der Waals surface area contributed by atoms with E-state index in [0.717, 1.165) is 54.5 Å². The standard InChI is InChI=1S/C26H34N4O2S/c1-5-13-28-14-12-22-20(17-28)21(27-30(22)23-9-6-7-10-24(23)32-4)18-29(16-19(2)3)26(31)25-11-8-15-33-25/h6-11,15,19H,5,12-14,16-18H2,1-4H3. The highest BCUT2D eigenvalue weighted by molar-refractivity contribution is 7.12. The second kappa shape index (κ2) is 10.5. The van der Waals surface area contributed by atoms with Crippen LogP contribution in [0.2, 0.25) is 0 Å². The van der Waals surface area contributed by atoms with Crippen LogP contribution < -0.4 is 4.74 Å². The van der Waals surface area contributed by atoms with Gasteiger partial charge in [0.15, 0.2) is 0 Å². The van der Waals surface area contributed by atoms with Crippen LogP contribution in [0.4, 0.5) is 0 Å². The lowest BCUT2D eigenvalue weighted by atomic mass is 10.0. The molecule has 7 heteroatoms. The number of carbonyl (C=O) groups is 1. The largest absolute Gasteiger partial charge is 0.494 e. The number of benzene rings is 1. The Bertz CT molecular complexity index is 1070. The summed E-state index contributed by atoms with van der Waals surface area (Å²) in [6.07, 6.45) is 2.06. The smallest absolute Gasteiger partial charge is 0.264 e. The topological polar surface area (TPSA) is 50.6 Å². The average molecular weight is 467 g/mol. The molecule has 6 nitrogen and oxygen atoms in total. The molecule has 176 valence electrons. The first kappa shape index (κ1) is 23.5. The van der Waals surface area contributed by atoms with Gasteiger partial charge in [-0.25, -0.2) is 4.68 Å². The Hall–Kier alpha value is -2.64. The van der Waals surface area contributed by atoms with Crippen molar-refractivity contribution >= 4 is 17.2 Å². The first-order chi connectivity index (χ1) is 16.0. The number of fused-ring (bicyclic) bond motifs is 1. The minimum absolute atomic E-state index is 0.0838. The van der Waals surface area contributed by atoms with Gasteiger partial charge in [-0.2, -0.15) is 5.10 Å². The lowest BCUT2D eigenvalue weighted by Crippen LogP contribution is -2.35. The quantitative estimate of drug-likeness (QED) is 0.445. The summed E-state index contributed by atoms with van der Waals surface area (Å²) in [5.74, 6) is 1.26. The molecule has 1 amide bonds. The van der Waals surface area contributed by atoms with E-state index in [2.05, 4.69) is 36.4 Å². The Morgan fingerprint density at radius 3 is 2.76 bits per heavy atom. The molecule has 33 heavy (non-hydrogen) atoms. The van der Waals surface area contributed by atoms with Crippen molar-refractivity contribution in [2.45, 2.75) is 46.7 Å². The average Bonchev–Trinajstić information content (AvgIpc) is 3.47. The third kappa shape index (κ3) is 5.14. The zero-order valence-electron chi connectivity index (χ0n) is 20.1. The van der Waals surface area contributed by atoms with Crippen LogP contribution in [0.15, 0.2) is 41.8 Å². The Morgan fingerprint density at radius 2 is 2.06 bits per heavy atom. The van der Waals surface area contributed by atoms with Gasteiger partial charge < -0.3 is 9.64 Å². The van der Waals surface area contributed by atoms with Crippen LogP contribution in [-0.2, 0) is 19.5 Å². The maximum atomic E-state index is 13.3. The highest BCUT2D eigenvalue weighted by Crippen LogP contribution is 2.30. The molecule has 0 bridgehead atoms. The van der Waals surface area contributed by atoms with Gasteiger partial charge in [-0.3, -0.25) is 9.69 Å². The molecule has 0 unspecified atom stereocenters.